The van der Waals surface area contributed by atoms with Gasteiger partial charge < -0.3 is 4.74 Å². The molecule has 3 heteroatoms. The molecule has 1 saturated carbocycles. The monoisotopic (exact) mass is 372 g/mol. The van der Waals surface area contributed by atoms with Crippen molar-refractivity contribution in [3.05, 3.63) is 108 Å². The molecule has 27 heavy (non-hydrogen) atoms. The third-order valence-corrected chi connectivity index (χ3v) is 6.94. The zero-order chi connectivity index (χ0) is 18.3. The normalized spacial score (nSPS) is 25.2. The first kappa shape index (κ1) is 16.5. The molecule has 1 aliphatic heterocycles. The Balaban J connectivity index is 1.46. The number of hydrogen-bond acceptors (Lipinski definition) is 2. The number of fused-ring (bicyclic) bond motifs is 3. The SMILES string of the molecule is O=S(C/C=C1\C[C@]2(c3ccccc3)c3ccccc3O[C@H]12)c1ccccc1. The summed E-state index contributed by atoms with van der Waals surface area (Å²) < 4.78 is 18.9. The first-order valence-electron chi connectivity index (χ1n) is 9.23. The number of hydrogen-bond donors (Lipinski definition) is 0. The summed E-state index contributed by atoms with van der Waals surface area (Å²) in [6, 6.07) is 28.6. The lowest BCUT2D eigenvalue weighted by molar-refractivity contribution is 0.143. The van der Waals surface area contributed by atoms with E-state index >= 15 is 0 Å². The smallest absolute Gasteiger partial charge is 0.134 e. The lowest BCUT2D eigenvalue weighted by Crippen LogP contribution is -2.50. The van der Waals surface area contributed by atoms with Crippen molar-refractivity contribution in [3.8, 4) is 5.75 Å². The van der Waals surface area contributed by atoms with Crippen molar-refractivity contribution in [1.82, 2.24) is 0 Å². The van der Waals surface area contributed by atoms with Gasteiger partial charge in [-0.25, -0.2) is 0 Å². The minimum atomic E-state index is -1.02. The van der Waals surface area contributed by atoms with Gasteiger partial charge in [-0.05, 0) is 35.8 Å². The molecule has 1 fully saturated rings. The average Bonchev–Trinajstić information content (AvgIpc) is 2.99. The highest BCUT2D eigenvalue weighted by molar-refractivity contribution is 7.85. The van der Waals surface area contributed by atoms with E-state index in [4.69, 9.17) is 4.74 Å². The van der Waals surface area contributed by atoms with Crippen molar-refractivity contribution in [3.63, 3.8) is 0 Å². The molecule has 2 nitrogen and oxygen atoms in total. The molecule has 0 amide bonds. The Morgan fingerprint density at radius 1 is 0.926 bits per heavy atom. The number of ether oxygens (including phenoxy) is 1. The van der Waals surface area contributed by atoms with Gasteiger partial charge in [0.1, 0.15) is 11.9 Å². The largest absolute Gasteiger partial charge is 0.484 e. The summed E-state index contributed by atoms with van der Waals surface area (Å²) in [5.74, 6) is 1.50. The van der Waals surface area contributed by atoms with Crippen LogP contribution in [0, 0.1) is 0 Å². The van der Waals surface area contributed by atoms with Gasteiger partial charge in [0, 0.05) is 16.2 Å². The highest BCUT2D eigenvalue weighted by atomic mass is 32.2. The maximum atomic E-state index is 12.6. The molecular formula is C24H20O2S. The van der Waals surface area contributed by atoms with E-state index in [1.54, 1.807) is 0 Å². The molecule has 2 aliphatic rings. The zero-order valence-corrected chi connectivity index (χ0v) is 15.7. The van der Waals surface area contributed by atoms with Crippen LogP contribution < -0.4 is 4.74 Å². The average molecular weight is 372 g/mol. The molecule has 1 unspecified atom stereocenters. The molecule has 0 radical (unpaired) electrons. The standard InChI is InChI=1S/C24H20O2S/c25-27(20-11-5-2-6-12-20)16-15-18-17-24(19-9-3-1-4-10-19)21-13-7-8-14-22(21)26-23(18)24/h1-15,23H,16-17H2/b18-15+/t23-,24+,27?/m1/s1. The molecule has 0 saturated heterocycles. The van der Waals surface area contributed by atoms with Gasteiger partial charge in [-0.1, -0.05) is 72.8 Å². The van der Waals surface area contributed by atoms with E-state index in [0.717, 1.165) is 17.1 Å². The molecule has 1 heterocycles. The topological polar surface area (TPSA) is 26.3 Å². The maximum absolute atomic E-state index is 12.6. The second-order valence-corrected chi connectivity index (χ2v) is 8.61. The maximum Gasteiger partial charge on any atom is 0.134 e. The Hall–Kier alpha value is -2.65. The van der Waals surface area contributed by atoms with Crippen molar-refractivity contribution in [1.29, 1.82) is 0 Å². The summed E-state index contributed by atoms with van der Waals surface area (Å²) in [4.78, 5) is 0.874. The minimum absolute atomic E-state index is 0.00470. The molecule has 3 aromatic rings. The molecular weight excluding hydrogens is 352 g/mol. The summed E-state index contributed by atoms with van der Waals surface area (Å²) in [5, 5.41) is 0. The van der Waals surface area contributed by atoms with Crippen LogP contribution in [-0.2, 0) is 16.2 Å². The molecule has 0 bridgehead atoms. The summed E-state index contributed by atoms with van der Waals surface area (Å²) in [6.45, 7) is 0. The Bertz CT molecular complexity index is 1030. The van der Waals surface area contributed by atoms with Gasteiger partial charge in [0.2, 0.25) is 0 Å². The molecule has 0 N–H and O–H groups in total. The third kappa shape index (κ3) is 2.57. The summed E-state index contributed by atoms with van der Waals surface area (Å²) >= 11 is 0. The van der Waals surface area contributed by atoms with E-state index in [1.807, 2.05) is 36.4 Å². The van der Waals surface area contributed by atoms with Crippen LogP contribution in [0.5, 0.6) is 5.75 Å². The highest BCUT2D eigenvalue weighted by Crippen LogP contribution is 2.60. The molecule has 1 aliphatic carbocycles. The Morgan fingerprint density at radius 3 is 2.37 bits per heavy atom. The van der Waals surface area contributed by atoms with E-state index in [0.29, 0.717) is 5.75 Å². The van der Waals surface area contributed by atoms with Crippen LogP contribution in [0.3, 0.4) is 0 Å². The van der Waals surface area contributed by atoms with Gasteiger partial charge in [-0.2, -0.15) is 0 Å². The van der Waals surface area contributed by atoms with Crippen LogP contribution in [0.1, 0.15) is 17.5 Å². The Labute approximate surface area is 162 Å². The van der Waals surface area contributed by atoms with Crippen LogP contribution >= 0.6 is 0 Å². The van der Waals surface area contributed by atoms with Gasteiger partial charge in [-0.3, -0.25) is 4.21 Å². The molecule has 3 atom stereocenters. The first-order chi connectivity index (χ1) is 13.3. The fraction of sp³-hybridized carbons (Fsp3) is 0.167. The minimum Gasteiger partial charge on any atom is -0.484 e. The number of para-hydroxylation sites is 1. The van der Waals surface area contributed by atoms with Crippen LogP contribution in [0.25, 0.3) is 0 Å². The predicted molar refractivity (Wildman–Crippen MR) is 108 cm³/mol. The van der Waals surface area contributed by atoms with Crippen molar-refractivity contribution in [2.75, 3.05) is 5.75 Å². The van der Waals surface area contributed by atoms with Crippen LogP contribution in [0.15, 0.2) is 101 Å². The molecule has 0 aromatic heterocycles. The van der Waals surface area contributed by atoms with Crippen molar-refractivity contribution >= 4 is 10.8 Å². The van der Waals surface area contributed by atoms with Gasteiger partial charge in [0.25, 0.3) is 0 Å². The van der Waals surface area contributed by atoms with Crippen LogP contribution in [0.4, 0.5) is 0 Å². The van der Waals surface area contributed by atoms with Crippen molar-refractivity contribution in [2.45, 2.75) is 22.8 Å². The molecule has 0 spiro atoms. The number of rotatable bonds is 4. The van der Waals surface area contributed by atoms with Crippen molar-refractivity contribution in [2.24, 2.45) is 0 Å². The van der Waals surface area contributed by atoms with E-state index in [1.165, 1.54) is 16.7 Å². The van der Waals surface area contributed by atoms with Crippen LogP contribution in [-0.4, -0.2) is 16.1 Å². The van der Waals surface area contributed by atoms with Gasteiger partial charge in [0.15, 0.2) is 0 Å². The number of benzene rings is 3. The van der Waals surface area contributed by atoms with E-state index < -0.39 is 10.8 Å². The van der Waals surface area contributed by atoms with Crippen LogP contribution in [0.2, 0.25) is 0 Å². The molecule has 134 valence electrons. The molecule has 5 rings (SSSR count). The zero-order valence-electron chi connectivity index (χ0n) is 14.9. The fourth-order valence-corrected chi connectivity index (χ4v) is 5.36. The van der Waals surface area contributed by atoms with Gasteiger partial charge in [-0.15, -0.1) is 0 Å². The Morgan fingerprint density at radius 2 is 1.59 bits per heavy atom. The van der Waals surface area contributed by atoms with E-state index in [2.05, 4.69) is 54.6 Å². The second kappa shape index (κ2) is 6.50. The van der Waals surface area contributed by atoms with Gasteiger partial charge >= 0.3 is 0 Å². The summed E-state index contributed by atoms with van der Waals surface area (Å²) in [5.41, 5.74) is 3.70. The third-order valence-electron chi connectivity index (χ3n) is 5.67. The molecule has 3 aromatic carbocycles. The highest BCUT2D eigenvalue weighted by Gasteiger charge is 2.59. The van der Waals surface area contributed by atoms with Gasteiger partial charge in [0.05, 0.1) is 16.2 Å². The fourth-order valence-electron chi connectivity index (χ4n) is 4.35. The summed E-state index contributed by atoms with van der Waals surface area (Å²) in [7, 11) is -1.02. The Kier molecular flexibility index (Phi) is 3.98. The lowest BCUT2D eigenvalue weighted by atomic mass is 9.57. The lowest BCUT2D eigenvalue weighted by Gasteiger charge is -2.46. The summed E-state index contributed by atoms with van der Waals surface area (Å²) in [6.07, 6.45) is 3.05. The van der Waals surface area contributed by atoms with Crippen molar-refractivity contribution < 1.29 is 8.95 Å². The predicted octanol–water partition coefficient (Wildman–Crippen LogP) is 4.87. The quantitative estimate of drug-likeness (QED) is 0.611. The first-order valence-corrected chi connectivity index (χ1v) is 10.5. The second-order valence-electron chi connectivity index (χ2n) is 7.11. The van der Waals surface area contributed by atoms with E-state index in [-0.39, 0.29) is 11.5 Å². The van der Waals surface area contributed by atoms with E-state index in [9.17, 15) is 4.21 Å².